The number of amides is 2. The van der Waals surface area contributed by atoms with Gasteiger partial charge in [0.1, 0.15) is 0 Å². The number of aliphatic carboxylic acids is 1. The molecule has 0 aliphatic carbocycles. The van der Waals surface area contributed by atoms with E-state index in [4.69, 9.17) is 4.74 Å². The first kappa shape index (κ1) is 16.1. The highest BCUT2D eigenvalue weighted by molar-refractivity contribution is 5.77. The highest BCUT2D eigenvalue weighted by Crippen LogP contribution is 2.35. The van der Waals surface area contributed by atoms with Crippen molar-refractivity contribution in [3.8, 4) is 0 Å². The first-order valence-electron chi connectivity index (χ1n) is 7.80. The summed E-state index contributed by atoms with van der Waals surface area (Å²) in [5.74, 6) is -0.731. The average molecular weight is 298 g/mol. The smallest absolute Gasteiger partial charge is 0.320 e. The van der Waals surface area contributed by atoms with Gasteiger partial charge in [0.15, 0.2) is 0 Å². The van der Waals surface area contributed by atoms with Gasteiger partial charge < -0.3 is 19.6 Å². The lowest BCUT2D eigenvalue weighted by Crippen LogP contribution is -2.55. The number of carbonyl (C=O) groups is 2. The third kappa shape index (κ3) is 3.31. The molecule has 2 rings (SSSR count). The molecule has 2 amide bonds. The van der Waals surface area contributed by atoms with Crippen LogP contribution in [0.2, 0.25) is 0 Å². The van der Waals surface area contributed by atoms with Crippen molar-refractivity contribution in [3.05, 3.63) is 0 Å². The van der Waals surface area contributed by atoms with Crippen LogP contribution in [0.5, 0.6) is 0 Å². The maximum absolute atomic E-state index is 12.6. The van der Waals surface area contributed by atoms with E-state index >= 15 is 0 Å². The van der Waals surface area contributed by atoms with Crippen LogP contribution in [0.3, 0.4) is 0 Å². The van der Waals surface area contributed by atoms with Crippen molar-refractivity contribution < 1.29 is 19.4 Å². The molecule has 0 aromatic rings. The summed E-state index contributed by atoms with van der Waals surface area (Å²) < 4.78 is 5.65. The van der Waals surface area contributed by atoms with Gasteiger partial charge in [0.2, 0.25) is 0 Å². The second kappa shape index (κ2) is 6.22. The van der Waals surface area contributed by atoms with Crippen LogP contribution in [-0.4, -0.2) is 65.3 Å². The molecule has 2 aliphatic rings. The molecule has 1 N–H and O–H groups in total. The van der Waals surface area contributed by atoms with E-state index in [0.29, 0.717) is 45.4 Å². The van der Waals surface area contributed by atoms with Gasteiger partial charge in [0.05, 0.1) is 17.6 Å². The number of hydrogen-bond donors (Lipinski definition) is 1. The SMILES string of the molecule is CCC1(C(=O)O)CCN(C(=O)N2CC(C)OC(C)C2)CC1. The van der Waals surface area contributed by atoms with Crippen LogP contribution in [-0.2, 0) is 9.53 Å². The van der Waals surface area contributed by atoms with Gasteiger partial charge in [0.25, 0.3) is 0 Å². The number of urea groups is 1. The summed E-state index contributed by atoms with van der Waals surface area (Å²) in [4.78, 5) is 27.6. The molecule has 0 aromatic heterocycles. The fourth-order valence-electron chi connectivity index (χ4n) is 3.38. The number of hydrogen-bond acceptors (Lipinski definition) is 3. The molecule has 2 heterocycles. The zero-order chi connectivity index (χ0) is 15.6. The van der Waals surface area contributed by atoms with Crippen LogP contribution < -0.4 is 0 Å². The van der Waals surface area contributed by atoms with E-state index in [-0.39, 0.29) is 18.2 Å². The Kier molecular flexibility index (Phi) is 4.76. The van der Waals surface area contributed by atoms with E-state index in [9.17, 15) is 14.7 Å². The van der Waals surface area contributed by atoms with Crippen molar-refractivity contribution in [2.75, 3.05) is 26.2 Å². The Hall–Kier alpha value is -1.30. The van der Waals surface area contributed by atoms with Gasteiger partial charge in [-0.05, 0) is 33.1 Å². The number of morpholine rings is 1. The summed E-state index contributed by atoms with van der Waals surface area (Å²) in [7, 11) is 0. The number of piperidine rings is 1. The second-order valence-corrected chi connectivity index (χ2v) is 6.37. The predicted octanol–water partition coefficient (Wildman–Crippen LogP) is 1.79. The molecule has 2 saturated heterocycles. The molecule has 21 heavy (non-hydrogen) atoms. The molecular weight excluding hydrogens is 272 g/mol. The fraction of sp³-hybridized carbons (Fsp3) is 0.867. The zero-order valence-corrected chi connectivity index (χ0v) is 13.2. The van der Waals surface area contributed by atoms with E-state index < -0.39 is 11.4 Å². The number of nitrogens with zero attached hydrogens (tertiary/aromatic N) is 2. The monoisotopic (exact) mass is 298 g/mol. The molecule has 0 bridgehead atoms. The van der Waals surface area contributed by atoms with Crippen LogP contribution in [0, 0.1) is 5.41 Å². The molecule has 2 atom stereocenters. The van der Waals surface area contributed by atoms with Crippen molar-refractivity contribution >= 4 is 12.0 Å². The number of carbonyl (C=O) groups excluding carboxylic acids is 1. The van der Waals surface area contributed by atoms with Gasteiger partial charge in [-0.25, -0.2) is 4.79 Å². The first-order valence-corrected chi connectivity index (χ1v) is 7.80. The molecule has 0 radical (unpaired) electrons. The quantitative estimate of drug-likeness (QED) is 0.844. The molecule has 6 heteroatoms. The molecule has 2 aliphatic heterocycles. The number of carboxylic acid groups (broad SMARTS) is 1. The normalized spacial score (nSPS) is 29.3. The lowest BCUT2D eigenvalue weighted by atomic mass is 9.76. The summed E-state index contributed by atoms with van der Waals surface area (Å²) in [5, 5.41) is 9.40. The predicted molar refractivity (Wildman–Crippen MR) is 78.1 cm³/mol. The minimum atomic E-state index is -0.731. The number of likely N-dealkylation sites (tertiary alicyclic amines) is 1. The van der Waals surface area contributed by atoms with Gasteiger partial charge in [-0.3, -0.25) is 4.79 Å². The molecule has 0 saturated carbocycles. The summed E-state index contributed by atoms with van der Waals surface area (Å²) in [6.45, 7) is 8.13. The van der Waals surface area contributed by atoms with Gasteiger partial charge in [-0.15, -0.1) is 0 Å². The fourth-order valence-corrected chi connectivity index (χ4v) is 3.38. The standard InChI is InChI=1S/C15H26N2O4/c1-4-15(13(18)19)5-7-16(8-6-15)14(20)17-9-11(2)21-12(3)10-17/h11-12H,4-10H2,1-3H3,(H,18,19). The lowest BCUT2D eigenvalue weighted by molar-refractivity contribution is -0.152. The highest BCUT2D eigenvalue weighted by atomic mass is 16.5. The van der Waals surface area contributed by atoms with Crippen molar-refractivity contribution in [3.63, 3.8) is 0 Å². The number of carboxylic acids is 1. The Bertz CT molecular complexity index is 394. The van der Waals surface area contributed by atoms with E-state index in [1.807, 2.05) is 25.7 Å². The Labute approximate surface area is 126 Å². The van der Waals surface area contributed by atoms with Crippen molar-refractivity contribution in [1.29, 1.82) is 0 Å². The van der Waals surface area contributed by atoms with Gasteiger partial charge in [-0.2, -0.15) is 0 Å². The van der Waals surface area contributed by atoms with Crippen LogP contribution in [0.15, 0.2) is 0 Å². The van der Waals surface area contributed by atoms with Gasteiger partial charge in [-0.1, -0.05) is 6.92 Å². The maximum Gasteiger partial charge on any atom is 0.320 e. The third-order valence-corrected chi connectivity index (χ3v) is 4.81. The van der Waals surface area contributed by atoms with Crippen LogP contribution in [0.1, 0.15) is 40.0 Å². The Morgan fingerprint density at radius 1 is 1.14 bits per heavy atom. The lowest BCUT2D eigenvalue weighted by Gasteiger charge is -2.42. The van der Waals surface area contributed by atoms with E-state index in [1.54, 1.807) is 4.90 Å². The van der Waals surface area contributed by atoms with E-state index in [0.717, 1.165) is 0 Å². The second-order valence-electron chi connectivity index (χ2n) is 6.37. The van der Waals surface area contributed by atoms with Crippen LogP contribution >= 0.6 is 0 Å². The Morgan fingerprint density at radius 3 is 2.10 bits per heavy atom. The number of rotatable bonds is 2. The van der Waals surface area contributed by atoms with Crippen molar-refractivity contribution in [2.24, 2.45) is 5.41 Å². The molecule has 2 fully saturated rings. The summed E-state index contributed by atoms with van der Waals surface area (Å²) in [6, 6.07) is 0.0205. The molecule has 0 aromatic carbocycles. The maximum atomic E-state index is 12.6. The van der Waals surface area contributed by atoms with Crippen LogP contribution in [0.25, 0.3) is 0 Å². The summed E-state index contributed by atoms with van der Waals surface area (Å²) in [6.07, 6.45) is 1.81. The van der Waals surface area contributed by atoms with Gasteiger partial charge in [0, 0.05) is 26.2 Å². The summed E-state index contributed by atoms with van der Waals surface area (Å²) in [5.41, 5.74) is -0.650. The van der Waals surface area contributed by atoms with Crippen LogP contribution in [0.4, 0.5) is 4.79 Å². The van der Waals surface area contributed by atoms with E-state index in [1.165, 1.54) is 0 Å². The molecule has 120 valence electrons. The Balaban J connectivity index is 1.95. The zero-order valence-electron chi connectivity index (χ0n) is 13.2. The largest absolute Gasteiger partial charge is 0.481 e. The molecule has 2 unspecified atom stereocenters. The average Bonchev–Trinajstić information content (AvgIpc) is 2.45. The number of ether oxygens (including phenoxy) is 1. The minimum Gasteiger partial charge on any atom is -0.481 e. The van der Waals surface area contributed by atoms with Crippen molar-refractivity contribution in [2.45, 2.75) is 52.2 Å². The Morgan fingerprint density at radius 2 is 1.67 bits per heavy atom. The molecular formula is C15H26N2O4. The topological polar surface area (TPSA) is 70.1 Å². The highest BCUT2D eigenvalue weighted by Gasteiger charge is 2.41. The van der Waals surface area contributed by atoms with E-state index in [2.05, 4.69) is 0 Å². The molecule has 0 spiro atoms. The first-order chi connectivity index (χ1) is 9.88. The minimum absolute atomic E-state index is 0.0205. The van der Waals surface area contributed by atoms with Gasteiger partial charge >= 0.3 is 12.0 Å². The third-order valence-electron chi connectivity index (χ3n) is 4.81. The molecule has 6 nitrogen and oxygen atoms in total. The summed E-state index contributed by atoms with van der Waals surface area (Å²) >= 11 is 0. The van der Waals surface area contributed by atoms with Crippen molar-refractivity contribution in [1.82, 2.24) is 9.80 Å².